The minimum absolute atomic E-state index is 0.0763. The zero-order valence-corrected chi connectivity index (χ0v) is 21.2. The lowest BCUT2D eigenvalue weighted by Crippen LogP contribution is -2.55. The number of carbonyl (C=O) groups excluding carboxylic acids is 1. The van der Waals surface area contributed by atoms with Crippen LogP contribution in [0.5, 0.6) is 0 Å². The molecule has 2 rings (SSSR count). The standard InChI is InChI=1S/C24H35N5O6S/c1-3-6-21(36(32,33)24(23(30)28-31)12-17-35-18-13-24)7-4-15-34-16-5-14-29(26)27-22(25)20-10-8-19(2)9-11-20/h3-4,6-11,31H,1,5,12-18,26H2,2H3,(H2,25,27)(H,28,30)/b7-4-,21-6+. The van der Waals surface area contributed by atoms with E-state index in [1.165, 1.54) is 34.9 Å². The molecule has 198 valence electrons. The van der Waals surface area contributed by atoms with Gasteiger partial charge in [-0.2, -0.15) is 0 Å². The quantitative estimate of drug-likeness (QED) is 0.0568. The molecule has 1 heterocycles. The van der Waals surface area contributed by atoms with E-state index in [2.05, 4.69) is 11.7 Å². The minimum Gasteiger partial charge on any atom is -0.382 e. The van der Waals surface area contributed by atoms with Crippen LogP contribution in [-0.2, 0) is 24.1 Å². The van der Waals surface area contributed by atoms with Crippen molar-refractivity contribution in [2.75, 3.05) is 33.0 Å². The van der Waals surface area contributed by atoms with Crippen LogP contribution in [0, 0.1) is 6.92 Å². The number of benzene rings is 1. The molecule has 0 spiro atoms. The first-order valence-corrected chi connectivity index (χ1v) is 12.9. The average molecular weight is 522 g/mol. The number of nitrogens with zero attached hydrogens (tertiary/aromatic N) is 2. The Bertz CT molecular complexity index is 1080. The van der Waals surface area contributed by atoms with Gasteiger partial charge in [-0.15, -0.1) is 5.10 Å². The number of allylic oxidation sites excluding steroid dienone is 3. The van der Waals surface area contributed by atoms with Crippen molar-refractivity contribution in [2.24, 2.45) is 16.7 Å². The van der Waals surface area contributed by atoms with Crippen molar-refractivity contribution in [3.8, 4) is 0 Å². The highest BCUT2D eigenvalue weighted by atomic mass is 32.2. The van der Waals surface area contributed by atoms with E-state index in [1.807, 2.05) is 31.2 Å². The van der Waals surface area contributed by atoms with Gasteiger partial charge in [0.2, 0.25) is 0 Å². The van der Waals surface area contributed by atoms with E-state index >= 15 is 0 Å². The van der Waals surface area contributed by atoms with Gasteiger partial charge in [0.05, 0.1) is 18.1 Å². The number of nitrogens with one attached hydrogen (secondary N) is 1. The third-order valence-corrected chi connectivity index (χ3v) is 8.19. The van der Waals surface area contributed by atoms with Gasteiger partial charge in [-0.25, -0.2) is 24.9 Å². The molecule has 1 aromatic carbocycles. The van der Waals surface area contributed by atoms with Crippen LogP contribution < -0.4 is 17.1 Å². The fourth-order valence-corrected chi connectivity index (χ4v) is 5.61. The first-order chi connectivity index (χ1) is 17.2. The van der Waals surface area contributed by atoms with Crippen molar-refractivity contribution >= 4 is 21.6 Å². The summed E-state index contributed by atoms with van der Waals surface area (Å²) in [6.07, 6.45) is 5.92. The molecule has 0 aromatic heterocycles. The van der Waals surface area contributed by atoms with Gasteiger partial charge in [-0.05, 0) is 38.3 Å². The Morgan fingerprint density at radius 1 is 1.33 bits per heavy atom. The summed E-state index contributed by atoms with van der Waals surface area (Å²) >= 11 is 0. The second-order valence-electron chi connectivity index (χ2n) is 8.20. The maximum absolute atomic E-state index is 13.4. The van der Waals surface area contributed by atoms with Gasteiger partial charge in [-0.3, -0.25) is 10.0 Å². The number of carbonyl (C=O) groups is 1. The number of hydroxylamine groups is 1. The third-order valence-electron chi connectivity index (χ3n) is 5.68. The Labute approximate surface area is 212 Å². The molecule has 0 radical (unpaired) electrons. The summed E-state index contributed by atoms with van der Waals surface area (Å²) in [5, 5.41) is 14.6. The van der Waals surface area contributed by atoms with E-state index in [0.29, 0.717) is 25.4 Å². The predicted molar refractivity (Wildman–Crippen MR) is 137 cm³/mol. The van der Waals surface area contributed by atoms with E-state index < -0.39 is 20.5 Å². The molecule has 1 aromatic rings. The third kappa shape index (κ3) is 7.48. The van der Waals surface area contributed by atoms with Crippen LogP contribution in [0.1, 0.15) is 30.4 Å². The molecule has 1 aliphatic heterocycles. The van der Waals surface area contributed by atoms with Crippen LogP contribution in [0.2, 0.25) is 0 Å². The molecule has 1 amide bonds. The Hall–Kier alpha value is -3.03. The number of aryl methyl sites for hydroxylation is 1. The van der Waals surface area contributed by atoms with Crippen LogP contribution in [0.15, 0.2) is 65.2 Å². The summed E-state index contributed by atoms with van der Waals surface area (Å²) in [6.45, 7) is 6.58. The van der Waals surface area contributed by atoms with Crippen molar-refractivity contribution in [3.05, 3.63) is 71.2 Å². The maximum atomic E-state index is 13.4. The van der Waals surface area contributed by atoms with Gasteiger partial charge in [0.15, 0.2) is 20.4 Å². The second kappa shape index (κ2) is 13.9. The number of hydrazine groups is 1. The molecule has 0 bridgehead atoms. The molecule has 36 heavy (non-hydrogen) atoms. The molecule has 12 heteroatoms. The summed E-state index contributed by atoms with van der Waals surface area (Å²) in [5.74, 6) is 5.20. The highest BCUT2D eigenvalue weighted by molar-refractivity contribution is 7.97. The Kier molecular flexibility index (Phi) is 11.3. The first-order valence-electron chi connectivity index (χ1n) is 11.4. The zero-order valence-electron chi connectivity index (χ0n) is 20.4. The largest absolute Gasteiger partial charge is 0.382 e. The molecule has 0 aliphatic carbocycles. The normalized spacial score (nSPS) is 16.6. The SMILES string of the molecule is C=C/C=C(\C=C/COCCCN(N)/N=C(\N)c1ccc(C)cc1)S(=O)(=O)C1(C(=O)NO)CCOCC1. The number of hydrogen-bond acceptors (Lipinski definition) is 9. The van der Waals surface area contributed by atoms with Gasteiger partial charge < -0.3 is 15.2 Å². The summed E-state index contributed by atoms with van der Waals surface area (Å²) < 4.78 is 35.7. The van der Waals surface area contributed by atoms with Crippen LogP contribution in [0.3, 0.4) is 0 Å². The number of rotatable bonds is 13. The molecular formula is C24H35N5O6S. The lowest BCUT2D eigenvalue weighted by atomic mass is 9.98. The van der Waals surface area contributed by atoms with E-state index in [4.69, 9.17) is 26.3 Å². The maximum Gasteiger partial charge on any atom is 0.265 e. The van der Waals surface area contributed by atoms with Crippen molar-refractivity contribution in [3.63, 3.8) is 0 Å². The van der Waals surface area contributed by atoms with Crippen LogP contribution in [0.25, 0.3) is 0 Å². The summed E-state index contributed by atoms with van der Waals surface area (Å²) in [6, 6.07) is 7.61. The van der Waals surface area contributed by atoms with Gasteiger partial charge in [-0.1, -0.05) is 48.6 Å². The number of sulfone groups is 1. The number of ether oxygens (including phenoxy) is 2. The fraction of sp³-hybridized carbons (Fsp3) is 0.417. The number of hydrazone groups is 1. The van der Waals surface area contributed by atoms with Crippen molar-refractivity contribution in [1.29, 1.82) is 0 Å². The highest BCUT2D eigenvalue weighted by Crippen LogP contribution is 2.35. The summed E-state index contributed by atoms with van der Waals surface area (Å²) in [7, 11) is -4.16. The van der Waals surface area contributed by atoms with Gasteiger partial charge >= 0.3 is 0 Å². The van der Waals surface area contributed by atoms with Crippen molar-refractivity contribution < 1.29 is 27.9 Å². The lowest BCUT2D eigenvalue weighted by molar-refractivity contribution is -0.134. The van der Waals surface area contributed by atoms with E-state index in [0.717, 1.165) is 11.1 Å². The smallest absolute Gasteiger partial charge is 0.265 e. The van der Waals surface area contributed by atoms with E-state index in [1.54, 1.807) is 0 Å². The van der Waals surface area contributed by atoms with Crippen molar-refractivity contribution in [2.45, 2.75) is 30.9 Å². The summed E-state index contributed by atoms with van der Waals surface area (Å²) in [5.41, 5.74) is 9.36. The predicted octanol–water partition coefficient (Wildman–Crippen LogP) is 1.29. The fourth-order valence-electron chi connectivity index (χ4n) is 3.61. The van der Waals surface area contributed by atoms with Gasteiger partial charge in [0.1, 0.15) is 0 Å². The van der Waals surface area contributed by atoms with E-state index in [9.17, 15) is 13.2 Å². The molecule has 11 nitrogen and oxygen atoms in total. The van der Waals surface area contributed by atoms with Gasteiger partial charge in [0, 0.05) is 25.4 Å². The minimum atomic E-state index is -4.16. The highest BCUT2D eigenvalue weighted by Gasteiger charge is 2.52. The number of hydrogen-bond donors (Lipinski definition) is 4. The number of amides is 1. The zero-order chi connectivity index (χ0) is 26.6. The molecule has 1 fully saturated rings. The monoisotopic (exact) mass is 521 g/mol. The molecular weight excluding hydrogens is 486 g/mol. The molecule has 0 unspecified atom stereocenters. The van der Waals surface area contributed by atoms with Crippen LogP contribution in [0.4, 0.5) is 0 Å². The Balaban J connectivity index is 1.89. The molecule has 1 aliphatic rings. The van der Waals surface area contributed by atoms with Crippen LogP contribution in [-0.4, -0.2) is 68.2 Å². The van der Waals surface area contributed by atoms with E-state index in [-0.39, 0.29) is 37.6 Å². The summed E-state index contributed by atoms with van der Waals surface area (Å²) in [4.78, 5) is 12.3. The molecule has 0 saturated carbocycles. The number of amidine groups is 1. The number of nitrogens with two attached hydrogens (primary N) is 2. The average Bonchev–Trinajstić information content (AvgIpc) is 2.87. The second-order valence-corrected chi connectivity index (χ2v) is 10.5. The topological polar surface area (TPSA) is 170 Å². The van der Waals surface area contributed by atoms with Crippen LogP contribution >= 0.6 is 0 Å². The first kappa shape index (κ1) is 29.2. The Morgan fingerprint density at radius 3 is 2.61 bits per heavy atom. The van der Waals surface area contributed by atoms with Gasteiger partial charge in [0.25, 0.3) is 5.91 Å². The molecule has 6 N–H and O–H groups in total. The molecule has 1 saturated heterocycles. The molecule has 0 atom stereocenters. The lowest BCUT2D eigenvalue weighted by Gasteiger charge is -2.34. The Morgan fingerprint density at radius 2 is 2.00 bits per heavy atom. The van der Waals surface area contributed by atoms with Crippen molar-refractivity contribution in [1.82, 2.24) is 10.6 Å².